The van der Waals surface area contributed by atoms with Gasteiger partial charge in [0.05, 0.1) is 22.5 Å². The Labute approximate surface area is 178 Å². The first-order valence-electron chi connectivity index (χ1n) is 8.50. The lowest BCUT2D eigenvalue weighted by atomic mass is 9.90. The second kappa shape index (κ2) is 8.13. The lowest BCUT2D eigenvalue weighted by Gasteiger charge is -2.31. The molecule has 1 amide bonds. The minimum absolute atomic E-state index is 0.0679. The summed E-state index contributed by atoms with van der Waals surface area (Å²) in [6, 6.07) is 3.92. The number of aryl methyl sites for hydroxylation is 1. The summed E-state index contributed by atoms with van der Waals surface area (Å²) in [7, 11) is 0. The number of hydrogen-bond donors (Lipinski definition) is 2. The van der Waals surface area contributed by atoms with Crippen LogP contribution in [0.25, 0.3) is 0 Å². The van der Waals surface area contributed by atoms with E-state index >= 15 is 0 Å². The number of rotatable bonds is 3. The molecule has 0 bridgehead atoms. The van der Waals surface area contributed by atoms with Crippen molar-refractivity contribution in [2.45, 2.75) is 31.1 Å². The predicted octanol–water partition coefficient (Wildman–Crippen LogP) is 6.01. The number of hydrogen-bond acceptors (Lipinski definition) is 3. The number of anilines is 2. The molecule has 0 atom stereocenters. The molecule has 0 aliphatic carbocycles. The van der Waals surface area contributed by atoms with E-state index in [-0.39, 0.29) is 22.9 Å². The van der Waals surface area contributed by atoms with Crippen LogP contribution in [-0.4, -0.2) is 18.3 Å². The molecule has 0 heterocycles. The zero-order valence-electron chi connectivity index (χ0n) is 16.1. The Morgan fingerprint density at radius 3 is 1.91 bits per heavy atom. The summed E-state index contributed by atoms with van der Waals surface area (Å²) in [5, 5.41) is 10.5. The van der Waals surface area contributed by atoms with Crippen LogP contribution in [0.5, 0.6) is 0 Å². The molecule has 0 unspecified atom stereocenters. The lowest BCUT2D eigenvalue weighted by Crippen LogP contribution is -2.50. The molecular weight excluding hydrogens is 476 g/mol. The summed E-state index contributed by atoms with van der Waals surface area (Å²) in [5.74, 6) is -1.27. The van der Waals surface area contributed by atoms with E-state index in [0.29, 0.717) is 6.92 Å². The van der Waals surface area contributed by atoms with Gasteiger partial charge in [0.25, 0.3) is 5.91 Å². The molecule has 3 N–H and O–H groups in total. The number of amides is 1. The van der Waals surface area contributed by atoms with Crippen LogP contribution in [0.15, 0.2) is 30.3 Å². The van der Waals surface area contributed by atoms with Gasteiger partial charge in [-0.3, -0.25) is 4.79 Å². The molecule has 2 aromatic rings. The van der Waals surface area contributed by atoms with Crippen molar-refractivity contribution in [2.24, 2.45) is 0 Å². The van der Waals surface area contributed by atoms with Crippen molar-refractivity contribution in [3.8, 4) is 6.07 Å². The highest BCUT2D eigenvalue weighted by atomic mass is 19.4. The van der Waals surface area contributed by atoms with Crippen molar-refractivity contribution < 1.29 is 48.7 Å². The molecule has 178 valence electrons. The van der Waals surface area contributed by atoms with Crippen LogP contribution in [0.1, 0.15) is 32.6 Å². The van der Waals surface area contributed by atoms with Crippen LogP contribution in [-0.2, 0) is 11.8 Å². The Balaban J connectivity index is 2.68. The number of nitrogens with one attached hydrogen (secondary N) is 1. The van der Waals surface area contributed by atoms with Gasteiger partial charge in [0.15, 0.2) is 0 Å². The zero-order valence-corrected chi connectivity index (χ0v) is 16.1. The topological polar surface area (TPSA) is 78.9 Å². The summed E-state index contributed by atoms with van der Waals surface area (Å²) >= 11 is 0. The third kappa shape index (κ3) is 4.67. The van der Waals surface area contributed by atoms with Crippen molar-refractivity contribution in [1.29, 1.82) is 5.26 Å². The smallest absolute Gasteiger partial charge is 0.398 e. The van der Waals surface area contributed by atoms with E-state index in [2.05, 4.69) is 0 Å². The number of alkyl halides is 10. The van der Waals surface area contributed by atoms with Gasteiger partial charge in [-0.2, -0.15) is 44.8 Å². The van der Waals surface area contributed by atoms with Gasteiger partial charge in [0.2, 0.25) is 0 Å². The molecule has 4 nitrogen and oxygen atoms in total. The van der Waals surface area contributed by atoms with Gasteiger partial charge in [-0.05, 0) is 36.8 Å². The van der Waals surface area contributed by atoms with Gasteiger partial charge in [-0.15, -0.1) is 0 Å². The van der Waals surface area contributed by atoms with Gasteiger partial charge < -0.3 is 11.1 Å². The summed E-state index contributed by atoms with van der Waals surface area (Å²) in [6.07, 6.45) is -18.8. The molecule has 0 aliphatic heterocycles. The SMILES string of the molecule is Cc1cc(C(F)(C(F)(F)F)C(F)(F)F)cc(C(F)(F)F)c1NC(=O)c1ccc(C#N)c(N)c1. The molecular formula is C19H11F10N3O. The number of nitrogen functional groups attached to an aromatic ring is 1. The highest BCUT2D eigenvalue weighted by molar-refractivity contribution is 6.05. The van der Waals surface area contributed by atoms with Crippen molar-refractivity contribution in [1.82, 2.24) is 0 Å². The molecule has 33 heavy (non-hydrogen) atoms. The van der Waals surface area contributed by atoms with Crippen LogP contribution >= 0.6 is 0 Å². The normalized spacial score (nSPS) is 12.9. The molecule has 2 rings (SSSR count). The average molecular weight is 487 g/mol. The number of nitrogens with zero attached hydrogens (tertiary/aromatic N) is 1. The molecule has 0 saturated carbocycles. The first-order chi connectivity index (χ1) is 14.8. The summed E-state index contributed by atoms with van der Waals surface area (Å²) in [6.45, 7) is 0.661. The third-order valence-electron chi connectivity index (χ3n) is 4.49. The molecule has 2 aromatic carbocycles. The molecule has 0 saturated heterocycles. The van der Waals surface area contributed by atoms with Crippen molar-refractivity contribution >= 4 is 17.3 Å². The monoisotopic (exact) mass is 487 g/mol. The fraction of sp³-hybridized carbons (Fsp3) is 0.263. The van der Waals surface area contributed by atoms with Crippen LogP contribution < -0.4 is 11.1 Å². The van der Waals surface area contributed by atoms with E-state index in [4.69, 9.17) is 11.0 Å². The summed E-state index contributed by atoms with van der Waals surface area (Å²) in [5.41, 5.74) is -7.85. The van der Waals surface area contributed by atoms with Gasteiger partial charge in [-0.25, -0.2) is 4.39 Å². The number of carbonyl (C=O) groups is 1. The van der Waals surface area contributed by atoms with E-state index in [0.717, 1.165) is 18.2 Å². The standard InChI is InChI=1S/C19H11F10N3O/c1-8-4-11(16(20,18(24,25)26)19(27,28)29)6-12(17(21,22)23)14(8)32-15(33)9-2-3-10(7-30)13(31)5-9/h2-6H,31H2,1H3,(H,32,33). The largest absolute Gasteiger partial charge is 0.435 e. The Hall–Kier alpha value is -3.50. The Kier molecular flexibility index (Phi) is 6.34. The molecule has 0 aromatic heterocycles. The van der Waals surface area contributed by atoms with Crippen LogP contribution in [0, 0.1) is 18.3 Å². The number of halogens is 10. The number of nitriles is 1. The molecule has 0 spiro atoms. The van der Waals surface area contributed by atoms with E-state index in [1.807, 2.05) is 0 Å². The third-order valence-corrected chi connectivity index (χ3v) is 4.49. The fourth-order valence-electron chi connectivity index (χ4n) is 2.86. The van der Waals surface area contributed by atoms with E-state index < -0.39 is 58.5 Å². The Morgan fingerprint density at radius 2 is 1.48 bits per heavy atom. The Bertz CT molecular complexity index is 1110. The highest BCUT2D eigenvalue weighted by Gasteiger charge is 2.73. The van der Waals surface area contributed by atoms with E-state index in [1.165, 1.54) is 0 Å². The maximum atomic E-state index is 14.3. The maximum Gasteiger partial charge on any atom is 0.435 e. The van der Waals surface area contributed by atoms with Crippen LogP contribution in [0.4, 0.5) is 55.3 Å². The van der Waals surface area contributed by atoms with Gasteiger partial charge in [-0.1, -0.05) is 6.07 Å². The van der Waals surface area contributed by atoms with Gasteiger partial charge in [0.1, 0.15) is 6.07 Å². The predicted molar refractivity (Wildman–Crippen MR) is 94.6 cm³/mol. The summed E-state index contributed by atoms with van der Waals surface area (Å²) in [4.78, 5) is 12.3. The lowest BCUT2D eigenvalue weighted by molar-refractivity contribution is -0.348. The first-order valence-corrected chi connectivity index (χ1v) is 8.50. The molecule has 0 aliphatic rings. The molecule has 14 heteroatoms. The van der Waals surface area contributed by atoms with Crippen LogP contribution in [0.3, 0.4) is 0 Å². The zero-order chi connectivity index (χ0) is 25.6. The first kappa shape index (κ1) is 25.8. The van der Waals surface area contributed by atoms with E-state index in [1.54, 1.807) is 11.4 Å². The summed E-state index contributed by atoms with van der Waals surface area (Å²) < 4.78 is 133. The van der Waals surface area contributed by atoms with Gasteiger partial charge >= 0.3 is 24.2 Å². The number of carbonyl (C=O) groups excluding carboxylic acids is 1. The second-order valence-electron chi connectivity index (χ2n) is 6.74. The quantitative estimate of drug-likeness (QED) is 0.411. The van der Waals surface area contributed by atoms with Crippen molar-refractivity contribution in [2.75, 3.05) is 11.1 Å². The number of benzene rings is 2. The minimum atomic E-state index is -6.63. The molecule has 0 fully saturated rings. The van der Waals surface area contributed by atoms with Crippen LogP contribution in [0.2, 0.25) is 0 Å². The minimum Gasteiger partial charge on any atom is -0.398 e. The average Bonchev–Trinajstić information content (AvgIpc) is 2.65. The van der Waals surface area contributed by atoms with E-state index in [9.17, 15) is 48.7 Å². The van der Waals surface area contributed by atoms with Crippen molar-refractivity contribution in [3.63, 3.8) is 0 Å². The van der Waals surface area contributed by atoms with Crippen molar-refractivity contribution in [3.05, 3.63) is 58.1 Å². The highest BCUT2D eigenvalue weighted by Crippen LogP contribution is 2.54. The number of nitrogens with two attached hydrogens (primary N) is 1. The fourth-order valence-corrected chi connectivity index (χ4v) is 2.86. The molecule has 0 radical (unpaired) electrons. The van der Waals surface area contributed by atoms with Gasteiger partial charge in [0, 0.05) is 11.1 Å². The maximum absolute atomic E-state index is 14.3. The second-order valence-corrected chi connectivity index (χ2v) is 6.74. The Morgan fingerprint density at radius 1 is 0.939 bits per heavy atom.